The zero-order valence-electron chi connectivity index (χ0n) is 11.8. The number of hydrogen-bond acceptors (Lipinski definition) is 3. The summed E-state index contributed by atoms with van der Waals surface area (Å²) in [5.74, 6) is 0.448. The summed E-state index contributed by atoms with van der Waals surface area (Å²) in [6, 6.07) is 12.4. The minimum absolute atomic E-state index is 0.209. The highest BCUT2D eigenvalue weighted by Gasteiger charge is 2.11. The van der Waals surface area contributed by atoms with Gasteiger partial charge in [-0.15, -0.1) is 0 Å². The molecule has 2 aromatic carbocycles. The Morgan fingerprint density at radius 2 is 1.90 bits per heavy atom. The van der Waals surface area contributed by atoms with E-state index in [2.05, 4.69) is 0 Å². The van der Waals surface area contributed by atoms with Crippen LogP contribution in [0, 0.1) is 5.82 Å². The lowest BCUT2D eigenvalue weighted by atomic mass is 10.1. The van der Waals surface area contributed by atoms with E-state index >= 15 is 0 Å². The average Bonchev–Trinajstić information content (AvgIpc) is 2.44. The molecule has 2 aromatic rings. The summed E-state index contributed by atoms with van der Waals surface area (Å²) >= 11 is 0. The minimum atomic E-state index is -0.209. The normalized spacial score (nSPS) is 10.3. The van der Waals surface area contributed by atoms with Gasteiger partial charge >= 0.3 is 0 Å². The van der Waals surface area contributed by atoms with Crippen LogP contribution in [-0.4, -0.2) is 13.7 Å². The van der Waals surface area contributed by atoms with Gasteiger partial charge in [-0.3, -0.25) is 0 Å². The van der Waals surface area contributed by atoms with Gasteiger partial charge in [-0.2, -0.15) is 0 Å². The smallest absolute Gasteiger partial charge is 0.144 e. The summed E-state index contributed by atoms with van der Waals surface area (Å²) in [4.78, 5) is 1.91. The molecule has 3 nitrogen and oxygen atoms in total. The number of halogens is 1. The monoisotopic (exact) mass is 274 g/mol. The van der Waals surface area contributed by atoms with E-state index < -0.39 is 0 Å². The van der Waals surface area contributed by atoms with E-state index in [0.29, 0.717) is 30.2 Å². The number of hydrogen-bond donors (Lipinski definition) is 1. The van der Waals surface area contributed by atoms with Crippen LogP contribution in [-0.2, 0) is 6.54 Å². The van der Waals surface area contributed by atoms with Crippen molar-refractivity contribution in [2.75, 3.05) is 24.3 Å². The zero-order valence-corrected chi connectivity index (χ0v) is 11.8. The van der Waals surface area contributed by atoms with Gasteiger partial charge in [0.2, 0.25) is 0 Å². The molecule has 0 spiro atoms. The SMILES string of the molecule is CCOc1cccc(N(C)Cc2ccccc2F)c1N. The molecule has 0 saturated heterocycles. The largest absolute Gasteiger partial charge is 0.492 e. The fourth-order valence-corrected chi connectivity index (χ4v) is 2.11. The highest BCUT2D eigenvalue weighted by molar-refractivity contribution is 5.73. The van der Waals surface area contributed by atoms with Crippen LogP contribution in [0.2, 0.25) is 0 Å². The van der Waals surface area contributed by atoms with Gasteiger partial charge in [-0.1, -0.05) is 24.3 Å². The molecule has 0 heterocycles. The average molecular weight is 274 g/mol. The van der Waals surface area contributed by atoms with Gasteiger partial charge in [-0.05, 0) is 25.1 Å². The van der Waals surface area contributed by atoms with Crippen LogP contribution >= 0.6 is 0 Å². The molecule has 0 aliphatic carbocycles. The summed E-state index contributed by atoms with van der Waals surface area (Å²) in [6.45, 7) is 2.92. The maximum atomic E-state index is 13.7. The van der Waals surface area contributed by atoms with E-state index in [9.17, 15) is 4.39 Å². The van der Waals surface area contributed by atoms with Crippen molar-refractivity contribution in [3.63, 3.8) is 0 Å². The fourth-order valence-electron chi connectivity index (χ4n) is 2.11. The summed E-state index contributed by atoms with van der Waals surface area (Å²) in [7, 11) is 1.88. The molecule has 0 aliphatic rings. The molecule has 0 radical (unpaired) electrons. The Bertz CT molecular complexity index is 586. The minimum Gasteiger partial charge on any atom is -0.492 e. The topological polar surface area (TPSA) is 38.5 Å². The van der Waals surface area contributed by atoms with Crippen LogP contribution in [0.3, 0.4) is 0 Å². The Morgan fingerprint density at radius 3 is 2.60 bits per heavy atom. The van der Waals surface area contributed by atoms with Crippen molar-refractivity contribution in [2.24, 2.45) is 0 Å². The molecular formula is C16H19FN2O. The van der Waals surface area contributed by atoms with Gasteiger partial charge in [0.05, 0.1) is 18.0 Å². The predicted molar refractivity (Wildman–Crippen MR) is 80.5 cm³/mol. The van der Waals surface area contributed by atoms with Crippen LogP contribution in [0.1, 0.15) is 12.5 Å². The first kappa shape index (κ1) is 14.2. The molecule has 106 valence electrons. The van der Waals surface area contributed by atoms with Crippen LogP contribution in [0.4, 0.5) is 15.8 Å². The molecule has 0 aromatic heterocycles. The van der Waals surface area contributed by atoms with Crippen LogP contribution < -0.4 is 15.4 Å². The molecule has 0 amide bonds. The molecule has 0 unspecified atom stereocenters. The quantitative estimate of drug-likeness (QED) is 0.849. The van der Waals surface area contributed by atoms with Gasteiger partial charge in [0.1, 0.15) is 11.6 Å². The molecule has 0 saturated carbocycles. The van der Waals surface area contributed by atoms with Crippen molar-refractivity contribution < 1.29 is 9.13 Å². The highest BCUT2D eigenvalue weighted by Crippen LogP contribution is 2.32. The summed E-state index contributed by atoms with van der Waals surface area (Å²) in [5, 5.41) is 0. The Kier molecular flexibility index (Phi) is 4.45. The third-order valence-electron chi connectivity index (χ3n) is 3.12. The number of nitrogens with two attached hydrogens (primary N) is 1. The standard InChI is InChI=1S/C16H19FN2O/c1-3-20-15-10-6-9-14(16(15)18)19(2)11-12-7-4-5-8-13(12)17/h4-10H,3,11,18H2,1-2H3. The van der Waals surface area contributed by atoms with Crippen molar-refractivity contribution >= 4 is 11.4 Å². The third-order valence-corrected chi connectivity index (χ3v) is 3.12. The molecule has 0 atom stereocenters. The van der Waals surface area contributed by atoms with Crippen molar-refractivity contribution in [1.29, 1.82) is 0 Å². The van der Waals surface area contributed by atoms with Gasteiger partial charge in [0.15, 0.2) is 0 Å². The Labute approximate surface area is 118 Å². The van der Waals surface area contributed by atoms with E-state index in [0.717, 1.165) is 5.69 Å². The lowest BCUT2D eigenvalue weighted by molar-refractivity contribution is 0.342. The first-order valence-corrected chi connectivity index (χ1v) is 6.59. The first-order valence-electron chi connectivity index (χ1n) is 6.59. The number of rotatable bonds is 5. The number of nitrogens with zero attached hydrogens (tertiary/aromatic N) is 1. The van der Waals surface area contributed by atoms with Gasteiger partial charge < -0.3 is 15.4 Å². The van der Waals surface area contributed by atoms with Crippen molar-refractivity contribution in [3.8, 4) is 5.75 Å². The molecular weight excluding hydrogens is 255 g/mol. The maximum Gasteiger partial charge on any atom is 0.144 e. The van der Waals surface area contributed by atoms with E-state index in [1.807, 2.05) is 43.1 Å². The Morgan fingerprint density at radius 1 is 1.15 bits per heavy atom. The molecule has 0 aliphatic heterocycles. The highest BCUT2D eigenvalue weighted by atomic mass is 19.1. The summed E-state index contributed by atoms with van der Waals surface area (Å²) in [5.41, 5.74) is 8.15. The number of benzene rings is 2. The molecule has 0 bridgehead atoms. The lowest BCUT2D eigenvalue weighted by Crippen LogP contribution is -2.19. The van der Waals surface area contributed by atoms with Crippen LogP contribution in [0.15, 0.2) is 42.5 Å². The second kappa shape index (κ2) is 6.28. The van der Waals surface area contributed by atoms with Crippen LogP contribution in [0.5, 0.6) is 5.75 Å². The van der Waals surface area contributed by atoms with E-state index in [4.69, 9.17) is 10.5 Å². The van der Waals surface area contributed by atoms with Gasteiger partial charge in [0.25, 0.3) is 0 Å². The van der Waals surface area contributed by atoms with Crippen molar-refractivity contribution in [3.05, 3.63) is 53.8 Å². The zero-order chi connectivity index (χ0) is 14.5. The number of ether oxygens (including phenoxy) is 1. The van der Waals surface area contributed by atoms with E-state index in [1.54, 1.807) is 12.1 Å². The Hall–Kier alpha value is -2.23. The second-order valence-electron chi connectivity index (χ2n) is 4.57. The summed E-state index contributed by atoms with van der Waals surface area (Å²) < 4.78 is 19.2. The molecule has 4 heteroatoms. The number of nitrogen functional groups attached to an aromatic ring is 1. The lowest BCUT2D eigenvalue weighted by Gasteiger charge is -2.22. The maximum absolute atomic E-state index is 13.7. The fraction of sp³-hybridized carbons (Fsp3) is 0.250. The molecule has 20 heavy (non-hydrogen) atoms. The van der Waals surface area contributed by atoms with Crippen molar-refractivity contribution in [2.45, 2.75) is 13.5 Å². The van der Waals surface area contributed by atoms with E-state index in [-0.39, 0.29) is 5.82 Å². The van der Waals surface area contributed by atoms with Gasteiger partial charge in [-0.25, -0.2) is 4.39 Å². The first-order chi connectivity index (χ1) is 9.63. The second-order valence-corrected chi connectivity index (χ2v) is 4.57. The number of para-hydroxylation sites is 1. The van der Waals surface area contributed by atoms with Gasteiger partial charge in [0, 0.05) is 19.2 Å². The molecule has 2 rings (SSSR count). The molecule has 0 fully saturated rings. The Balaban J connectivity index is 2.23. The van der Waals surface area contributed by atoms with Crippen LogP contribution in [0.25, 0.3) is 0 Å². The van der Waals surface area contributed by atoms with Crippen molar-refractivity contribution in [1.82, 2.24) is 0 Å². The predicted octanol–water partition coefficient (Wildman–Crippen LogP) is 3.44. The van der Waals surface area contributed by atoms with E-state index in [1.165, 1.54) is 6.07 Å². The number of anilines is 2. The summed E-state index contributed by atoms with van der Waals surface area (Å²) in [6.07, 6.45) is 0. The third kappa shape index (κ3) is 3.02. The molecule has 2 N–H and O–H groups in total.